The first-order chi connectivity index (χ1) is 15.5. The summed E-state index contributed by atoms with van der Waals surface area (Å²) < 4.78 is 12.5. The predicted molar refractivity (Wildman–Crippen MR) is 123 cm³/mol. The molecule has 0 spiro atoms. The van der Waals surface area contributed by atoms with Crippen molar-refractivity contribution in [3.05, 3.63) is 76.0 Å². The lowest BCUT2D eigenvalue weighted by Crippen LogP contribution is -2.48. The SMILES string of the molecule is COc1ccc(OCn2ccc(C(=O)N3CCN(Cc4ccc(Cl)c(Cl)c4)CC3)n2)cc1. The van der Waals surface area contributed by atoms with Crippen LogP contribution >= 0.6 is 23.2 Å². The van der Waals surface area contributed by atoms with Crippen molar-refractivity contribution in [2.75, 3.05) is 33.3 Å². The fourth-order valence-electron chi connectivity index (χ4n) is 3.53. The fraction of sp³-hybridized carbons (Fsp3) is 0.304. The van der Waals surface area contributed by atoms with Gasteiger partial charge in [-0.15, -0.1) is 0 Å². The Morgan fingerprint density at radius 2 is 1.69 bits per heavy atom. The van der Waals surface area contributed by atoms with Crippen LogP contribution in [-0.4, -0.2) is 58.8 Å². The Bertz CT molecular complexity index is 1060. The van der Waals surface area contributed by atoms with Crippen molar-refractivity contribution in [3.63, 3.8) is 0 Å². The van der Waals surface area contributed by atoms with Gasteiger partial charge in [0.2, 0.25) is 0 Å². The van der Waals surface area contributed by atoms with Crippen LogP contribution in [0.1, 0.15) is 16.1 Å². The van der Waals surface area contributed by atoms with E-state index in [1.54, 1.807) is 24.1 Å². The van der Waals surface area contributed by atoms with Crippen molar-refractivity contribution in [1.29, 1.82) is 0 Å². The van der Waals surface area contributed by atoms with E-state index in [1.807, 2.05) is 47.4 Å². The van der Waals surface area contributed by atoms with Gasteiger partial charge in [0.05, 0.1) is 17.2 Å². The van der Waals surface area contributed by atoms with E-state index in [-0.39, 0.29) is 12.6 Å². The van der Waals surface area contributed by atoms with E-state index in [9.17, 15) is 4.79 Å². The smallest absolute Gasteiger partial charge is 0.274 e. The van der Waals surface area contributed by atoms with E-state index in [1.165, 1.54) is 0 Å². The molecule has 0 unspecified atom stereocenters. The van der Waals surface area contributed by atoms with Gasteiger partial charge in [-0.2, -0.15) is 5.10 Å². The van der Waals surface area contributed by atoms with E-state index in [0.717, 1.165) is 30.9 Å². The van der Waals surface area contributed by atoms with Crippen molar-refractivity contribution < 1.29 is 14.3 Å². The number of piperazine rings is 1. The average molecular weight is 475 g/mol. The molecule has 1 aliphatic rings. The number of methoxy groups -OCH3 is 1. The summed E-state index contributed by atoms with van der Waals surface area (Å²) in [4.78, 5) is 17.0. The Hall–Kier alpha value is -2.74. The van der Waals surface area contributed by atoms with Gasteiger partial charge >= 0.3 is 0 Å². The number of nitrogens with zero attached hydrogens (tertiary/aromatic N) is 4. The van der Waals surface area contributed by atoms with E-state index in [2.05, 4.69) is 10.00 Å². The number of aromatic nitrogens is 2. The molecule has 0 N–H and O–H groups in total. The molecule has 2 aromatic carbocycles. The number of amides is 1. The first-order valence-electron chi connectivity index (χ1n) is 10.3. The summed E-state index contributed by atoms with van der Waals surface area (Å²) >= 11 is 12.1. The molecule has 9 heteroatoms. The topological polar surface area (TPSA) is 59.8 Å². The minimum absolute atomic E-state index is 0.0672. The second-order valence-corrected chi connectivity index (χ2v) is 8.32. The van der Waals surface area contributed by atoms with Crippen LogP contribution in [0.15, 0.2) is 54.7 Å². The molecule has 32 heavy (non-hydrogen) atoms. The van der Waals surface area contributed by atoms with Crippen LogP contribution in [0.4, 0.5) is 0 Å². The summed E-state index contributed by atoms with van der Waals surface area (Å²) in [6.45, 7) is 3.86. The van der Waals surface area contributed by atoms with Crippen LogP contribution in [0.3, 0.4) is 0 Å². The zero-order valence-electron chi connectivity index (χ0n) is 17.7. The second kappa shape index (κ2) is 10.3. The Morgan fingerprint density at radius 1 is 0.969 bits per heavy atom. The summed E-state index contributed by atoms with van der Waals surface area (Å²) in [5, 5.41) is 5.49. The Labute approximate surface area is 197 Å². The van der Waals surface area contributed by atoms with Gasteiger partial charge in [0, 0.05) is 38.9 Å². The third-order valence-corrected chi connectivity index (χ3v) is 6.07. The summed E-state index contributed by atoms with van der Waals surface area (Å²) in [6.07, 6.45) is 1.75. The van der Waals surface area contributed by atoms with Crippen molar-refractivity contribution in [2.24, 2.45) is 0 Å². The molecular formula is C23H24Cl2N4O3. The van der Waals surface area contributed by atoms with Gasteiger partial charge in [-0.1, -0.05) is 29.3 Å². The molecule has 1 amide bonds. The number of hydrogen-bond acceptors (Lipinski definition) is 5. The highest BCUT2D eigenvalue weighted by molar-refractivity contribution is 6.42. The zero-order chi connectivity index (χ0) is 22.5. The maximum absolute atomic E-state index is 12.8. The number of rotatable bonds is 7. The second-order valence-electron chi connectivity index (χ2n) is 7.51. The largest absolute Gasteiger partial charge is 0.497 e. The van der Waals surface area contributed by atoms with Crippen LogP contribution in [0.25, 0.3) is 0 Å². The molecule has 7 nitrogen and oxygen atoms in total. The number of ether oxygens (including phenoxy) is 2. The first-order valence-corrected chi connectivity index (χ1v) is 11.0. The lowest BCUT2D eigenvalue weighted by Gasteiger charge is -2.34. The molecule has 0 bridgehead atoms. The van der Waals surface area contributed by atoms with Gasteiger partial charge in [0.25, 0.3) is 5.91 Å². The van der Waals surface area contributed by atoms with Gasteiger partial charge in [0.15, 0.2) is 12.4 Å². The lowest BCUT2D eigenvalue weighted by atomic mass is 10.2. The predicted octanol–water partition coefficient (Wildman–Crippen LogP) is 4.19. The van der Waals surface area contributed by atoms with Crippen LogP contribution in [-0.2, 0) is 13.3 Å². The molecular weight excluding hydrogens is 451 g/mol. The molecule has 0 aliphatic carbocycles. The van der Waals surface area contributed by atoms with Gasteiger partial charge in [-0.3, -0.25) is 9.69 Å². The normalized spacial score (nSPS) is 14.4. The number of carbonyl (C=O) groups is 1. The van der Waals surface area contributed by atoms with E-state index in [4.69, 9.17) is 32.7 Å². The van der Waals surface area contributed by atoms with Gasteiger partial charge in [-0.25, -0.2) is 4.68 Å². The molecule has 1 fully saturated rings. The summed E-state index contributed by atoms with van der Waals surface area (Å²) in [7, 11) is 1.62. The first kappa shape index (κ1) is 22.5. The van der Waals surface area contributed by atoms with E-state index < -0.39 is 0 Å². The fourth-order valence-corrected chi connectivity index (χ4v) is 3.85. The van der Waals surface area contributed by atoms with Gasteiger partial charge in [-0.05, 0) is 48.0 Å². The highest BCUT2D eigenvalue weighted by atomic mass is 35.5. The van der Waals surface area contributed by atoms with Crippen molar-refractivity contribution >= 4 is 29.1 Å². The number of halogens is 2. The summed E-state index contributed by atoms with van der Waals surface area (Å²) in [5.41, 5.74) is 1.52. The summed E-state index contributed by atoms with van der Waals surface area (Å²) in [5.74, 6) is 1.40. The molecule has 4 rings (SSSR count). The lowest BCUT2D eigenvalue weighted by molar-refractivity contribution is 0.0621. The number of hydrogen-bond donors (Lipinski definition) is 0. The van der Waals surface area contributed by atoms with Crippen molar-refractivity contribution in [1.82, 2.24) is 19.6 Å². The minimum atomic E-state index is -0.0672. The monoisotopic (exact) mass is 474 g/mol. The van der Waals surface area contributed by atoms with Crippen LogP contribution in [0.5, 0.6) is 11.5 Å². The maximum Gasteiger partial charge on any atom is 0.274 e. The Morgan fingerprint density at radius 3 is 2.38 bits per heavy atom. The average Bonchev–Trinajstić information content (AvgIpc) is 3.29. The highest BCUT2D eigenvalue weighted by Gasteiger charge is 2.23. The number of carbonyl (C=O) groups excluding carboxylic acids is 1. The Balaban J connectivity index is 1.26. The number of benzene rings is 2. The van der Waals surface area contributed by atoms with Crippen LogP contribution in [0.2, 0.25) is 10.0 Å². The molecule has 2 heterocycles. The molecule has 0 radical (unpaired) electrons. The molecule has 168 valence electrons. The summed E-state index contributed by atoms with van der Waals surface area (Å²) in [6, 6.07) is 14.7. The molecule has 1 saturated heterocycles. The van der Waals surface area contributed by atoms with Crippen LogP contribution in [0, 0.1) is 0 Å². The van der Waals surface area contributed by atoms with E-state index in [0.29, 0.717) is 34.6 Å². The third kappa shape index (κ3) is 5.54. The van der Waals surface area contributed by atoms with Gasteiger partial charge < -0.3 is 14.4 Å². The van der Waals surface area contributed by atoms with Gasteiger partial charge in [0.1, 0.15) is 11.5 Å². The molecule has 1 aliphatic heterocycles. The molecule has 0 saturated carbocycles. The molecule has 0 atom stereocenters. The van der Waals surface area contributed by atoms with Crippen LogP contribution < -0.4 is 9.47 Å². The quantitative estimate of drug-likeness (QED) is 0.513. The Kier molecular flexibility index (Phi) is 7.19. The minimum Gasteiger partial charge on any atom is -0.497 e. The third-order valence-electron chi connectivity index (χ3n) is 5.33. The maximum atomic E-state index is 12.8. The zero-order valence-corrected chi connectivity index (χ0v) is 19.2. The molecule has 3 aromatic rings. The van der Waals surface area contributed by atoms with E-state index >= 15 is 0 Å². The standard InChI is InChI=1S/C23H24Cl2N4O3/c1-31-18-3-5-19(6-4-18)32-16-29-9-8-22(26-29)23(30)28-12-10-27(11-13-28)15-17-2-7-20(24)21(25)14-17/h2-9,14H,10-13,15-16H2,1H3. The highest BCUT2D eigenvalue weighted by Crippen LogP contribution is 2.23. The molecule has 1 aromatic heterocycles. The van der Waals surface area contributed by atoms with Crippen molar-refractivity contribution in [3.8, 4) is 11.5 Å². The van der Waals surface area contributed by atoms with Crippen molar-refractivity contribution in [2.45, 2.75) is 13.3 Å².